The second-order valence-electron chi connectivity index (χ2n) is 3.49. The van der Waals surface area contributed by atoms with E-state index in [1.54, 1.807) is 5.57 Å². The van der Waals surface area contributed by atoms with Gasteiger partial charge in [0.05, 0.1) is 0 Å². The van der Waals surface area contributed by atoms with E-state index in [4.69, 9.17) is 0 Å². The summed E-state index contributed by atoms with van der Waals surface area (Å²) in [5.41, 5.74) is 1.60. The van der Waals surface area contributed by atoms with Crippen LogP contribution in [-0.2, 0) is 6.54 Å². The van der Waals surface area contributed by atoms with Crippen LogP contribution in [0.25, 0.3) is 0 Å². The Kier molecular flexibility index (Phi) is 2.82. The van der Waals surface area contributed by atoms with Crippen molar-refractivity contribution in [2.24, 2.45) is 0 Å². The van der Waals surface area contributed by atoms with Gasteiger partial charge in [0.1, 0.15) is 0 Å². The molecule has 1 aliphatic rings. The number of hydrogen-bond donors (Lipinski definition) is 1. The molecule has 1 N–H and O–H groups in total. The molecule has 0 unspecified atom stereocenters. The van der Waals surface area contributed by atoms with Crippen LogP contribution in [0, 0.1) is 0 Å². The molecular formula is C11H16N2. The molecule has 0 aliphatic carbocycles. The average Bonchev–Trinajstić information content (AvgIpc) is 2.69. The van der Waals surface area contributed by atoms with Crippen molar-refractivity contribution in [3.8, 4) is 0 Å². The highest BCUT2D eigenvalue weighted by Gasteiger charge is 2.01. The van der Waals surface area contributed by atoms with E-state index in [1.807, 2.05) is 0 Å². The van der Waals surface area contributed by atoms with Crippen LogP contribution in [0.4, 0.5) is 0 Å². The lowest BCUT2D eigenvalue weighted by atomic mass is 10.1. The number of nitrogens with one attached hydrogen (secondary N) is 1. The summed E-state index contributed by atoms with van der Waals surface area (Å²) < 4.78 is 2.24. The smallest absolute Gasteiger partial charge is 0.0256 e. The highest BCUT2D eigenvalue weighted by molar-refractivity contribution is 5.06. The highest BCUT2D eigenvalue weighted by Crippen LogP contribution is 2.10. The molecule has 1 aromatic rings. The number of rotatable bonds is 3. The van der Waals surface area contributed by atoms with Crippen molar-refractivity contribution in [2.45, 2.75) is 19.4 Å². The molecule has 0 spiro atoms. The molecule has 0 saturated carbocycles. The Morgan fingerprint density at radius 1 is 1.31 bits per heavy atom. The summed E-state index contributed by atoms with van der Waals surface area (Å²) in [4.78, 5) is 0. The summed E-state index contributed by atoms with van der Waals surface area (Å²) in [7, 11) is 0. The van der Waals surface area contributed by atoms with Crippen LogP contribution in [0.3, 0.4) is 0 Å². The van der Waals surface area contributed by atoms with Gasteiger partial charge in [-0.3, -0.25) is 0 Å². The zero-order chi connectivity index (χ0) is 8.93. The first-order valence-electron chi connectivity index (χ1n) is 4.94. The van der Waals surface area contributed by atoms with Crippen molar-refractivity contribution in [3.63, 3.8) is 0 Å². The van der Waals surface area contributed by atoms with Gasteiger partial charge < -0.3 is 9.88 Å². The largest absolute Gasteiger partial charge is 0.354 e. The van der Waals surface area contributed by atoms with Crippen LogP contribution in [-0.4, -0.2) is 17.7 Å². The van der Waals surface area contributed by atoms with Gasteiger partial charge >= 0.3 is 0 Å². The lowest BCUT2D eigenvalue weighted by Crippen LogP contribution is -2.20. The molecule has 0 fully saturated rings. The van der Waals surface area contributed by atoms with E-state index in [2.05, 4.69) is 40.5 Å². The Labute approximate surface area is 79.3 Å². The maximum atomic E-state index is 3.32. The fourth-order valence-electron chi connectivity index (χ4n) is 1.69. The zero-order valence-electron chi connectivity index (χ0n) is 7.87. The van der Waals surface area contributed by atoms with E-state index >= 15 is 0 Å². The highest BCUT2D eigenvalue weighted by atomic mass is 14.9. The van der Waals surface area contributed by atoms with Crippen LogP contribution >= 0.6 is 0 Å². The van der Waals surface area contributed by atoms with Gasteiger partial charge in [-0.05, 0) is 31.5 Å². The third-order valence-electron chi connectivity index (χ3n) is 2.52. The van der Waals surface area contributed by atoms with Gasteiger partial charge in [-0.15, -0.1) is 0 Å². The first-order chi connectivity index (χ1) is 6.45. The van der Waals surface area contributed by atoms with Crippen LogP contribution < -0.4 is 5.32 Å². The number of nitrogens with zero attached hydrogens (tertiary/aromatic N) is 1. The minimum Gasteiger partial charge on any atom is -0.354 e. The van der Waals surface area contributed by atoms with Crippen LogP contribution in [0.15, 0.2) is 36.2 Å². The topological polar surface area (TPSA) is 17.0 Å². The minimum absolute atomic E-state index is 1.06. The average molecular weight is 176 g/mol. The standard InChI is InChI=1S/C11H16N2/c1-2-9-13(8-1)10-5-11-3-6-12-7-4-11/h1-3,8-9,12H,4-7,10H2. The van der Waals surface area contributed by atoms with Crippen molar-refractivity contribution in [2.75, 3.05) is 13.1 Å². The fourth-order valence-corrected chi connectivity index (χ4v) is 1.69. The number of hydrogen-bond acceptors (Lipinski definition) is 1. The maximum absolute atomic E-state index is 3.32. The summed E-state index contributed by atoms with van der Waals surface area (Å²) in [5.74, 6) is 0. The maximum Gasteiger partial charge on any atom is 0.0256 e. The molecule has 2 nitrogen and oxygen atoms in total. The van der Waals surface area contributed by atoms with Gasteiger partial charge in [-0.25, -0.2) is 0 Å². The Morgan fingerprint density at radius 3 is 2.85 bits per heavy atom. The minimum atomic E-state index is 1.06. The summed E-state index contributed by atoms with van der Waals surface area (Å²) in [5, 5.41) is 3.32. The molecule has 13 heavy (non-hydrogen) atoms. The normalized spacial score (nSPS) is 17.1. The first kappa shape index (κ1) is 8.57. The van der Waals surface area contributed by atoms with Gasteiger partial charge in [-0.1, -0.05) is 11.6 Å². The van der Waals surface area contributed by atoms with Crippen molar-refractivity contribution >= 4 is 0 Å². The molecule has 0 amide bonds. The Hall–Kier alpha value is -1.02. The molecule has 0 aromatic carbocycles. The molecule has 2 heterocycles. The lowest BCUT2D eigenvalue weighted by Gasteiger charge is -2.13. The second kappa shape index (κ2) is 4.28. The Morgan fingerprint density at radius 2 is 2.15 bits per heavy atom. The second-order valence-corrected chi connectivity index (χ2v) is 3.49. The molecule has 0 saturated heterocycles. The fraction of sp³-hybridized carbons (Fsp3) is 0.455. The molecular weight excluding hydrogens is 160 g/mol. The van der Waals surface area contributed by atoms with Gasteiger partial charge in [0, 0.05) is 25.5 Å². The molecule has 1 aromatic heterocycles. The van der Waals surface area contributed by atoms with Gasteiger partial charge in [0.25, 0.3) is 0 Å². The van der Waals surface area contributed by atoms with Gasteiger partial charge in [0.2, 0.25) is 0 Å². The molecule has 0 atom stereocenters. The SMILES string of the molecule is C1=C(CCn2cccc2)CCNC1. The van der Waals surface area contributed by atoms with E-state index in [0.717, 1.165) is 19.6 Å². The monoisotopic (exact) mass is 176 g/mol. The number of aryl methyl sites for hydroxylation is 1. The molecule has 0 bridgehead atoms. The zero-order valence-corrected chi connectivity index (χ0v) is 7.87. The van der Waals surface area contributed by atoms with Crippen LogP contribution in [0.1, 0.15) is 12.8 Å². The third kappa shape index (κ3) is 2.46. The predicted octanol–water partition coefficient (Wildman–Crippen LogP) is 1.80. The van der Waals surface area contributed by atoms with E-state index in [1.165, 1.54) is 12.8 Å². The summed E-state index contributed by atoms with van der Waals surface area (Å²) in [6.07, 6.45) is 9.01. The van der Waals surface area contributed by atoms with Gasteiger partial charge in [-0.2, -0.15) is 0 Å². The summed E-state index contributed by atoms with van der Waals surface area (Å²) >= 11 is 0. The van der Waals surface area contributed by atoms with Crippen molar-refractivity contribution in [3.05, 3.63) is 36.2 Å². The molecule has 70 valence electrons. The third-order valence-corrected chi connectivity index (χ3v) is 2.52. The predicted molar refractivity (Wildman–Crippen MR) is 54.6 cm³/mol. The van der Waals surface area contributed by atoms with E-state index < -0.39 is 0 Å². The van der Waals surface area contributed by atoms with Crippen molar-refractivity contribution < 1.29 is 0 Å². The summed E-state index contributed by atoms with van der Waals surface area (Å²) in [6, 6.07) is 4.16. The summed E-state index contributed by atoms with van der Waals surface area (Å²) in [6.45, 7) is 3.33. The quantitative estimate of drug-likeness (QED) is 0.695. The Balaban J connectivity index is 1.82. The van der Waals surface area contributed by atoms with Crippen molar-refractivity contribution in [1.82, 2.24) is 9.88 Å². The molecule has 0 radical (unpaired) electrons. The van der Waals surface area contributed by atoms with E-state index in [9.17, 15) is 0 Å². The molecule has 2 rings (SSSR count). The van der Waals surface area contributed by atoms with Crippen LogP contribution in [0.5, 0.6) is 0 Å². The Bertz CT molecular complexity index is 272. The lowest BCUT2D eigenvalue weighted by molar-refractivity contribution is 0.632. The molecule has 2 heteroatoms. The van der Waals surface area contributed by atoms with Crippen molar-refractivity contribution in [1.29, 1.82) is 0 Å². The van der Waals surface area contributed by atoms with Gasteiger partial charge in [0.15, 0.2) is 0 Å². The first-order valence-corrected chi connectivity index (χ1v) is 4.94. The number of aromatic nitrogens is 1. The van der Waals surface area contributed by atoms with E-state index in [0.29, 0.717) is 0 Å². The molecule has 1 aliphatic heterocycles. The van der Waals surface area contributed by atoms with E-state index in [-0.39, 0.29) is 0 Å². The van der Waals surface area contributed by atoms with Crippen LogP contribution in [0.2, 0.25) is 0 Å².